The first-order valence-electron chi connectivity index (χ1n) is 9.89. The fourth-order valence-corrected chi connectivity index (χ4v) is 2.99. The number of hydrazone groups is 1. The van der Waals surface area contributed by atoms with E-state index in [1.54, 1.807) is 29.2 Å². The van der Waals surface area contributed by atoms with Gasteiger partial charge in [0.05, 0.1) is 24.4 Å². The van der Waals surface area contributed by atoms with Gasteiger partial charge in [-0.3, -0.25) is 10.1 Å². The molecule has 3 heterocycles. The summed E-state index contributed by atoms with van der Waals surface area (Å²) in [7, 11) is 3.71. The molecule has 32 heavy (non-hydrogen) atoms. The Morgan fingerprint density at radius 1 is 1.12 bits per heavy atom. The van der Waals surface area contributed by atoms with Gasteiger partial charge in [0.1, 0.15) is 11.5 Å². The standard InChI is InChI=1S/C20H22N8O4/c1-26(2)19-22-18(23-20(24-19)27-9-11-31-12-10-27)25-21-13-16-7-8-17(32-16)14-3-5-15(6-4-14)28(29)30/h3-8,13H,9-12H2,1-2H3,(H,22,23,24,25)/b21-13+. The fraction of sp³-hybridized carbons (Fsp3) is 0.300. The van der Waals surface area contributed by atoms with Crippen molar-refractivity contribution >= 4 is 29.7 Å². The first-order valence-corrected chi connectivity index (χ1v) is 9.89. The number of nitrogens with one attached hydrogen (secondary N) is 1. The number of benzene rings is 1. The third kappa shape index (κ3) is 4.98. The number of nitrogens with zero attached hydrogens (tertiary/aromatic N) is 7. The van der Waals surface area contributed by atoms with E-state index in [4.69, 9.17) is 9.15 Å². The molecule has 1 fully saturated rings. The van der Waals surface area contributed by atoms with Gasteiger partial charge in [-0.15, -0.1) is 0 Å². The second-order valence-corrected chi connectivity index (χ2v) is 7.13. The number of morpholine rings is 1. The predicted molar refractivity (Wildman–Crippen MR) is 119 cm³/mol. The van der Waals surface area contributed by atoms with Gasteiger partial charge in [0.15, 0.2) is 0 Å². The number of nitro groups is 1. The number of aromatic nitrogens is 3. The minimum atomic E-state index is -0.441. The van der Waals surface area contributed by atoms with Crippen molar-refractivity contribution in [1.29, 1.82) is 0 Å². The molecule has 1 N–H and O–H groups in total. The summed E-state index contributed by atoms with van der Waals surface area (Å²) in [5.41, 5.74) is 3.58. The second kappa shape index (κ2) is 9.39. The SMILES string of the molecule is CN(C)c1nc(N/N=C/c2ccc(-c3ccc([N+](=O)[O-])cc3)o2)nc(N2CCOCC2)n1. The number of hydrogen-bond donors (Lipinski definition) is 1. The zero-order valence-corrected chi connectivity index (χ0v) is 17.6. The molecule has 0 spiro atoms. The molecule has 0 amide bonds. The number of furan rings is 1. The lowest BCUT2D eigenvalue weighted by molar-refractivity contribution is -0.384. The van der Waals surface area contributed by atoms with Crippen LogP contribution in [0.5, 0.6) is 0 Å². The number of hydrogen-bond acceptors (Lipinski definition) is 11. The monoisotopic (exact) mass is 438 g/mol. The molecule has 0 saturated carbocycles. The average Bonchev–Trinajstić information content (AvgIpc) is 3.28. The summed E-state index contributed by atoms with van der Waals surface area (Å²) in [5.74, 6) is 2.46. The van der Waals surface area contributed by atoms with Crippen LogP contribution in [0.15, 0.2) is 45.9 Å². The van der Waals surface area contributed by atoms with E-state index in [1.807, 2.05) is 19.0 Å². The molecule has 1 aliphatic heterocycles. The van der Waals surface area contributed by atoms with Gasteiger partial charge in [-0.25, -0.2) is 5.43 Å². The summed E-state index contributed by atoms with van der Waals surface area (Å²) < 4.78 is 11.1. The molecule has 166 valence electrons. The van der Waals surface area contributed by atoms with E-state index in [0.29, 0.717) is 55.7 Å². The Hall–Kier alpha value is -4.06. The van der Waals surface area contributed by atoms with Gasteiger partial charge >= 0.3 is 0 Å². The summed E-state index contributed by atoms with van der Waals surface area (Å²) in [4.78, 5) is 27.5. The van der Waals surface area contributed by atoms with Crippen molar-refractivity contribution in [2.75, 3.05) is 55.6 Å². The Kier molecular flexibility index (Phi) is 6.22. The molecular weight excluding hydrogens is 416 g/mol. The lowest BCUT2D eigenvalue weighted by atomic mass is 10.1. The van der Waals surface area contributed by atoms with Crippen LogP contribution in [-0.4, -0.2) is 66.5 Å². The van der Waals surface area contributed by atoms with E-state index in [9.17, 15) is 10.1 Å². The fourth-order valence-electron chi connectivity index (χ4n) is 2.99. The lowest BCUT2D eigenvalue weighted by Gasteiger charge is -2.27. The molecule has 3 aromatic rings. The number of nitro benzene ring substituents is 1. The van der Waals surface area contributed by atoms with Crippen LogP contribution >= 0.6 is 0 Å². The Labute approximate surface area is 183 Å². The van der Waals surface area contributed by atoms with Crippen LogP contribution in [0.2, 0.25) is 0 Å². The van der Waals surface area contributed by atoms with E-state index >= 15 is 0 Å². The summed E-state index contributed by atoms with van der Waals surface area (Å²) in [6.07, 6.45) is 1.50. The molecule has 1 saturated heterocycles. The molecule has 0 unspecified atom stereocenters. The van der Waals surface area contributed by atoms with E-state index in [1.165, 1.54) is 18.3 Å². The molecule has 0 radical (unpaired) electrons. The zero-order valence-electron chi connectivity index (χ0n) is 17.6. The van der Waals surface area contributed by atoms with Gasteiger partial charge in [-0.05, 0) is 24.3 Å². The van der Waals surface area contributed by atoms with Gasteiger partial charge in [0.25, 0.3) is 5.69 Å². The van der Waals surface area contributed by atoms with Crippen molar-refractivity contribution in [2.24, 2.45) is 5.10 Å². The van der Waals surface area contributed by atoms with Crippen LogP contribution in [0.3, 0.4) is 0 Å². The van der Waals surface area contributed by atoms with Crippen molar-refractivity contribution in [3.63, 3.8) is 0 Å². The van der Waals surface area contributed by atoms with Gasteiger partial charge in [-0.2, -0.15) is 20.1 Å². The van der Waals surface area contributed by atoms with E-state index in [-0.39, 0.29) is 5.69 Å². The molecule has 1 aliphatic rings. The van der Waals surface area contributed by atoms with Crippen LogP contribution < -0.4 is 15.2 Å². The summed E-state index contributed by atoms with van der Waals surface area (Å²) >= 11 is 0. The third-order valence-electron chi connectivity index (χ3n) is 4.65. The summed E-state index contributed by atoms with van der Waals surface area (Å²) in [6.45, 7) is 2.66. The minimum Gasteiger partial charge on any atom is -0.455 e. The number of ether oxygens (including phenoxy) is 1. The van der Waals surface area contributed by atoms with E-state index in [0.717, 1.165) is 5.56 Å². The van der Waals surface area contributed by atoms with Crippen LogP contribution in [-0.2, 0) is 4.74 Å². The molecular formula is C20H22N8O4. The number of anilines is 3. The van der Waals surface area contributed by atoms with Crippen molar-refractivity contribution in [3.8, 4) is 11.3 Å². The molecule has 0 bridgehead atoms. The second-order valence-electron chi connectivity index (χ2n) is 7.13. The normalized spacial score (nSPS) is 14.0. The van der Waals surface area contributed by atoms with Crippen LogP contribution in [0.4, 0.5) is 23.5 Å². The highest BCUT2D eigenvalue weighted by molar-refractivity contribution is 5.78. The first kappa shape index (κ1) is 21.2. The molecule has 0 atom stereocenters. The van der Waals surface area contributed by atoms with Gasteiger partial charge in [0, 0.05) is 44.9 Å². The number of rotatable bonds is 7. The molecule has 12 nitrogen and oxygen atoms in total. The average molecular weight is 438 g/mol. The van der Waals surface area contributed by atoms with Gasteiger partial charge in [0.2, 0.25) is 17.8 Å². The highest BCUT2D eigenvalue weighted by atomic mass is 16.6. The first-order chi connectivity index (χ1) is 15.5. The molecule has 12 heteroatoms. The number of non-ortho nitro benzene ring substituents is 1. The summed E-state index contributed by atoms with van der Waals surface area (Å²) in [5, 5.41) is 15.0. The van der Waals surface area contributed by atoms with Gasteiger partial charge < -0.3 is 19.0 Å². The molecule has 4 rings (SSSR count). The van der Waals surface area contributed by atoms with E-state index in [2.05, 4.69) is 25.5 Å². The Morgan fingerprint density at radius 2 is 1.88 bits per heavy atom. The maximum absolute atomic E-state index is 10.8. The molecule has 1 aromatic carbocycles. The lowest BCUT2D eigenvalue weighted by Crippen LogP contribution is -2.37. The summed E-state index contributed by atoms with van der Waals surface area (Å²) in [6, 6.07) is 9.66. The highest BCUT2D eigenvalue weighted by Crippen LogP contribution is 2.24. The maximum atomic E-state index is 10.8. The molecule has 2 aromatic heterocycles. The Morgan fingerprint density at radius 3 is 2.56 bits per heavy atom. The van der Waals surface area contributed by atoms with Crippen LogP contribution in [0.25, 0.3) is 11.3 Å². The van der Waals surface area contributed by atoms with Crippen molar-refractivity contribution in [3.05, 3.63) is 52.3 Å². The Balaban J connectivity index is 1.46. The van der Waals surface area contributed by atoms with Crippen molar-refractivity contribution in [1.82, 2.24) is 15.0 Å². The third-order valence-corrected chi connectivity index (χ3v) is 4.65. The highest BCUT2D eigenvalue weighted by Gasteiger charge is 2.17. The van der Waals surface area contributed by atoms with Crippen LogP contribution in [0, 0.1) is 10.1 Å². The van der Waals surface area contributed by atoms with E-state index < -0.39 is 4.92 Å². The topological polar surface area (TPSA) is 135 Å². The largest absolute Gasteiger partial charge is 0.455 e. The van der Waals surface area contributed by atoms with Crippen molar-refractivity contribution < 1.29 is 14.1 Å². The molecule has 0 aliphatic carbocycles. The quantitative estimate of drug-likeness (QED) is 0.333. The Bertz CT molecular complexity index is 1110. The van der Waals surface area contributed by atoms with Gasteiger partial charge in [-0.1, -0.05) is 0 Å². The smallest absolute Gasteiger partial charge is 0.269 e. The predicted octanol–water partition coefficient (Wildman–Crippen LogP) is 2.39. The van der Waals surface area contributed by atoms with Crippen molar-refractivity contribution in [2.45, 2.75) is 0 Å². The maximum Gasteiger partial charge on any atom is 0.269 e. The van der Waals surface area contributed by atoms with Crippen LogP contribution in [0.1, 0.15) is 5.76 Å². The zero-order chi connectivity index (χ0) is 22.5. The minimum absolute atomic E-state index is 0.0252.